The Morgan fingerprint density at radius 2 is 1.97 bits per heavy atom. The molecule has 1 N–H and O–H groups in total. The van der Waals surface area contributed by atoms with Crippen molar-refractivity contribution in [3.63, 3.8) is 0 Å². The number of aromatic nitrogens is 1. The molecule has 2 heterocycles. The average Bonchev–Trinajstić information content (AvgIpc) is 3.17. The molecule has 1 saturated heterocycles. The van der Waals surface area contributed by atoms with E-state index in [9.17, 15) is 14.0 Å². The molecule has 32 heavy (non-hydrogen) atoms. The zero-order valence-electron chi connectivity index (χ0n) is 18.0. The van der Waals surface area contributed by atoms with Gasteiger partial charge in [0.15, 0.2) is 0 Å². The first-order chi connectivity index (χ1) is 15.4. The number of hydrogen-bond donors (Lipinski definition) is 1. The maximum Gasteiger partial charge on any atom is 0.227 e. The molecule has 0 bridgehead atoms. The van der Waals surface area contributed by atoms with Crippen molar-refractivity contribution in [3.05, 3.63) is 83.3 Å². The fourth-order valence-electron chi connectivity index (χ4n) is 3.72. The molecule has 164 valence electrons. The highest BCUT2D eigenvalue weighted by Gasteiger charge is 2.35. The van der Waals surface area contributed by atoms with Crippen molar-refractivity contribution in [2.24, 2.45) is 5.92 Å². The zero-order chi connectivity index (χ0) is 22.7. The second-order valence-electron chi connectivity index (χ2n) is 7.90. The number of hydrogen-bond acceptors (Lipinski definition) is 4. The van der Waals surface area contributed by atoms with Gasteiger partial charge in [-0.15, -0.1) is 0 Å². The fraction of sp³-hybridized carbons (Fsp3) is 0.240. The maximum absolute atomic E-state index is 13.0. The molecule has 0 spiro atoms. The van der Waals surface area contributed by atoms with Gasteiger partial charge in [0.25, 0.3) is 0 Å². The van der Waals surface area contributed by atoms with Crippen LogP contribution in [0.1, 0.15) is 23.1 Å². The van der Waals surface area contributed by atoms with Crippen LogP contribution in [0.3, 0.4) is 0 Å². The number of benzene rings is 2. The lowest BCUT2D eigenvalue weighted by molar-refractivity contribution is -0.126. The lowest BCUT2D eigenvalue weighted by atomic mass is 10.1. The molecule has 1 aliphatic heterocycles. The molecule has 3 aromatic rings. The lowest BCUT2D eigenvalue weighted by Crippen LogP contribution is -2.32. The number of anilines is 1. The Bertz CT molecular complexity index is 1150. The van der Waals surface area contributed by atoms with Gasteiger partial charge in [-0.25, -0.2) is 9.37 Å². The minimum atomic E-state index is -0.404. The first-order valence-electron chi connectivity index (χ1n) is 10.4. The Hall–Kier alpha value is -3.74. The second-order valence-corrected chi connectivity index (χ2v) is 7.90. The first-order valence-corrected chi connectivity index (χ1v) is 10.4. The van der Waals surface area contributed by atoms with Crippen LogP contribution in [0.4, 0.5) is 10.1 Å². The lowest BCUT2D eigenvalue weighted by Gasteiger charge is -2.20. The van der Waals surface area contributed by atoms with Crippen molar-refractivity contribution in [1.29, 1.82) is 0 Å². The monoisotopic (exact) mass is 433 g/mol. The highest BCUT2D eigenvalue weighted by atomic mass is 19.1. The molecule has 1 aliphatic rings. The zero-order valence-corrected chi connectivity index (χ0v) is 18.0. The summed E-state index contributed by atoms with van der Waals surface area (Å²) >= 11 is 0. The van der Waals surface area contributed by atoms with Crippen LogP contribution in [0.25, 0.3) is 0 Å². The van der Waals surface area contributed by atoms with Crippen LogP contribution in [0.15, 0.2) is 60.8 Å². The number of carbonyl (C=O) groups is 2. The Morgan fingerprint density at radius 1 is 1.19 bits per heavy atom. The number of amides is 2. The number of aryl methyl sites for hydroxylation is 1. The molecule has 2 aromatic carbocycles. The quantitative estimate of drug-likeness (QED) is 0.629. The van der Waals surface area contributed by atoms with E-state index >= 15 is 0 Å². The van der Waals surface area contributed by atoms with Gasteiger partial charge in [-0.05, 0) is 66.9 Å². The minimum absolute atomic E-state index is 0.0438. The van der Waals surface area contributed by atoms with Crippen LogP contribution in [-0.2, 0) is 16.1 Å². The van der Waals surface area contributed by atoms with E-state index in [2.05, 4.69) is 10.3 Å². The molecule has 1 aromatic heterocycles. The van der Waals surface area contributed by atoms with Gasteiger partial charge in [0.1, 0.15) is 11.6 Å². The third kappa shape index (κ3) is 4.77. The van der Waals surface area contributed by atoms with Crippen molar-refractivity contribution in [1.82, 2.24) is 10.3 Å². The molecule has 0 saturated carbocycles. The van der Waals surface area contributed by atoms with Gasteiger partial charge in [0.05, 0.1) is 5.92 Å². The minimum Gasteiger partial charge on any atom is -0.439 e. The van der Waals surface area contributed by atoms with Gasteiger partial charge in [0.2, 0.25) is 17.7 Å². The molecule has 1 fully saturated rings. The number of rotatable bonds is 6. The van der Waals surface area contributed by atoms with E-state index in [1.807, 2.05) is 32.0 Å². The fourth-order valence-corrected chi connectivity index (χ4v) is 3.72. The number of pyridine rings is 1. The van der Waals surface area contributed by atoms with Crippen LogP contribution >= 0.6 is 0 Å². The van der Waals surface area contributed by atoms with E-state index in [1.165, 1.54) is 24.3 Å². The summed E-state index contributed by atoms with van der Waals surface area (Å²) in [6.07, 6.45) is 1.77. The SMILES string of the molecule is Cc1cccc(N2CC(C(=O)NCc3ccnc(Oc4ccc(F)cc4)c3)CC2=O)c1C. The molecule has 1 unspecified atom stereocenters. The van der Waals surface area contributed by atoms with Crippen LogP contribution in [0, 0.1) is 25.6 Å². The van der Waals surface area contributed by atoms with Gasteiger partial charge >= 0.3 is 0 Å². The van der Waals surface area contributed by atoms with Crippen molar-refractivity contribution >= 4 is 17.5 Å². The molecular formula is C25H24FN3O3. The largest absolute Gasteiger partial charge is 0.439 e. The third-order valence-electron chi connectivity index (χ3n) is 5.66. The van der Waals surface area contributed by atoms with Crippen LogP contribution in [0.5, 0.6) is 11.6 Å². The maximum atomic E-state index is 13.0. The van der Waals surface area contributed by atoms with Crippen LogP contribution in [-0.4, -0.2) is 23.3 Å². The Balaban J connectivity index is 1.36. The van der Waals surface area contributed by atoms with E-state index in [0.29, 0.717) is 18.2 Å². The van der Waals surface area contributed by atoms with E-state index in [1.54, 1.807) is 23.2 Å². The summed E-state index contributed by atoms with van der Waals surface area (Å²) in [5.74, 6) is -0.138. The molecular weight excluding hydrogens is 409 g/mol. The predicted molar refractivity (Wildman–Crippen MR) is 119 cm³/mol. The molecule has 6 nitrogen and oxygen atoms in total. The van der Waals surface area contributed by atoms with Gasteiger partial charge in [-0.2, -0.15) is 0 Å². The summed E-state index contributed by atoms with van der Waals surface area (Å²) in [5.41, 5.74) is 3.83. The summed E-state index contributed by atoms with van der Waals surface area (Å²) in [4.78, 5) is 31.1. The number of nitrogens with zero attached hydrogens (tertiary/aromatic N) is 2. The van der Waals surface area contributed by atoms with E-state index in [-0.39, 0.29) is 30.6 Å². The summed E-state index contributed by atoms with van der Waals surface area (Å²) in [6.45, 7) is 4.65. The van der Waals surface area contributed by atoms with Crippen molar-refractivity contribution in [2.45, 2.75) is 26.8 Å². The summed E-state index contributed by atoms with van der Waals surface area (Å²) < 4.78 is 18.7. The van der Waals surface area contributed by atoms with E-state index in [0.717, 1.165) is 22.4 Å². The van der Waals surface area contributed by atoms with E-state index in [4.69, 9.17) is 4.74 Å². The molecule has 2 amide bonds. The summed E-state index contributed by atoms with van der Waals surface area (Å²) in [7, 11) is 0. The summed E-state index contributed by atoms with van der Waals surface area (Å²) in [6, 6.07) is 15.0. The highest BCUT2D eigenvalue weighted by molar-refractivity contribution is 6.00. The van der Waals surface area contributed by atoms with E-state index < -0.39 is 5.92 Å². The second kappa shape index (κ2) is 9.18. The Morgan fingerprint density at radius 3 is 2.75 bits per heavy atom. The number of ether oxygens (including phenoxy) is 1. The normalized spacial score (nSPS) is 15.7. The third-order valence-corrected chi connectivity index (χ3v) is 5.66. The molecule has 7 heteroatoms. The molecule has 0 aliphatic carbocycles. The van der Waals surface area contributed by atoms with Gasteiger partial charge in [0, 0.05) is 37.5 Å². The standard InChI is InChI=1S/C25H24FN3O3/c1-16-4-3-5-22(17(16)2)29-15-19(13-24(29)30)25(31)28-14-18-10-11-27-23(12-18)32-21-8-6-20(26)7-9-21/h3-12,19H,13-15H2,1-2H3,(H,28,31). The topological polar surface area (TPSA) is 71.5 Å². The molecule has 0 radical (unpaired) electrons. The smallest absolute Gasteiger partial charge is 0.227 e. The van der Waals surface area contributed by atoms with Gasteiger partial charge in [-0.3, -0.25) is 9.59 Å². The van der Waals surface area contributed by atoms with Gasteiger partial charge in [-0.1, -0.05) is 12.1 Å². The van der Waals surface area contributed by atoms with Crippen LogP contribution < -0.4 is 15.0 Å². The van der Waals surface area contributed by atoms with Gasteiger partial charge < -0.3 is 15.0 Å². The number of halogens is 1. The summed E-state index contributed by atoms with van der Waals surface area (Å²) in [5, 5.41) is 2.91. The van der Waals surface area contributed by atoms with Crippen LogP contribution in [0.2, 0.25) is 0 Å². The average molecular weight is 433 g/mol. The number of carbonyl (C=O) groups excluding carboxylic acids is 2. The molecule has 4 rings (SSSR count). The first kappa shape index (κ1) is 21.5. The van der Waals surface area contributed by atoms with Crippen molar-refractivity contribution < 1.29 is 18.7 Å². The predicted octanol–water partition coefficient (Wildman–Crippen LogP) is 4.30. The number of nitrogens with one attached hydrogen (secondary N) is 1. The van der Waals surface area contributed by atoms with Crippen molar-refractivity contribution in [3.8, 4) is 11.6 Å². The molecule has 1 atom stereocenters. The van der Waals surface area contributed by atoms with Crippen molar-refractivity contribution in [2.75, 3.05) is 11.4 Å². The highest BCUT2D eigenvalue weighted by Crippen LogP contribution is 2.29. The Labute approximate surface area is 186 Å². The Kier molecular flexibility index (Phi) is 6.16.